The maximum atomic E-state index is 5.51. The fourth-order valence-corrected chi connectivity index (χ4v) is 1.27. The number of aromatic nitrogens is 1. The van der Waals surface area contributed by atoms with E-state index < -0.39 is 0 Å². The zero-order chi connectivity index (χ0) is 10.2. The highest BCUT2D eigenvalue weighted by Crippen LogP contribution is 2.37. The lowest BCUT2D eigenvalue weighted by Gasteiger charge is -2.10. The van der Waals surface area contributed by atoms with E-state index in [-0.39, 0.29) is 11.7 Å². The van der Waals surface area contributed by atoms with E-state index in [4.69, 9.17) is 9.47 Å². The molecule has 14 heavy (non-hydrogen) atoms. The van der Waals surface area contributed by atoms with Crippen molar-refractivity contribution in [1.29, 1.82) is 0 Å². The Kier molecular flexibility index (Phi) is 2.19. The van der Waals surface area contributed by atoms with E-state index in [1.54, 1.807) is 0 Å². The quantitative estimate of drug-likeness (QED) is 0.689. The lowest BCUT2D eigenvalue weighted by Crippen LogP contribution is -2.10. The highest BCUT2D eigenvalue weighted by Gasteiger charge is 2.42. The first kappa shape index (κ1) is 9.46. The molecule has 0 radical (unpaired) electrons. The van der Waals surface area contributed by atoms with E-state index in [2.05, 4.69) is 4.98 Å². The van der Waals surface area contributed by atoms with Gasteiger partial charge in [0.15, 0.2) is 0 Å². The van der Waals surface area contributed by atoms with E-state index in [0.717, 1.165) is 12.3 Å². The van der Waals surface area contributed by atoms with Gasteiger partial charge in [-0.25, -0.2) is 4.98 Å². The second-order valence-corrected chi connectivity index (χ2v) is 4.05. The maximum absolute atomic E-state index is 5.51. The van der Waals surface area contributed by atoms with Gasteiger partial charge in [0, 0.05) is 6.07 Å². The molecule has 0 saturated carbocycles. The summed E-state index contributed by atoms with van der Waals surface area (Å²) < 4.78 is 10.8. The Morgan fingerprint density at radius 3 is 2.79 bits per heavy atom. The Morgan fingerprint density at radius 2 is 2.21 bits per heavy atom. The Labute approximate surface area is 84.1 Å². The second kappa shape index (κ2) is 3.24. The zero-order valence-corrected chi connectivity index (χ0v) is 8.78. The van der Waals surface area contributed by atoms with Crippen molar-refractivity contribution >= 4 is 0 Å². The molecule has 3 heteroatoms. The Bertz CT molecular complexity index is 332. The van der Waals surface area contributed by atoms with Crippen molar-refractivity contribution in [2.45, 2.75) is 32.5 Å². The van der Waals surface area contributed by atoms with E-state index in [0.29, 0.717) is 5.88 Å². The molecule has 0 amide bonds. The summed E-state index contributed by atoms with van der Waals surface area (Å²) in [6, 6.07) is 5.79. The zero-order valence-electron chi connectivity index (χ0n) is 8.78. The minimum atomic E-state index is -0.170. The molecule has 76 valence electrons. The van der Waals surface area contributed by atoms with E-state index in [9.17, 15) is 0 Å². The molecule has 1 unspecified atom stereocenters. The van der Waals surface area contributed by atoms with Crippen LogP contribution in [0.15, 0.2) is 18.2 Å². The molecule has 0 aliphatic carbocycles. The number of hydrogen-bond donors (Lipinski definition) is 0. The third-order valence-corrected chi connectivity index (χ3v) is 2.20. The molecule has 2 rings (SSSR count). The molecule has 3 nitrogen and oxygen atoms in total. The van der Waals surface area contributed by atoms with Crippen molar-refractivity contribution in [3.8, 4) is 5.88 Å². The third kappa shape index (κ3) is 1.87. The number of ether oxygens (including phenoxy) is 2. The molecule has 1 aliphatic rings. The first-order chi connectivity index (χ1) is 6.60. The van der Waals surface area contributed by atoms with Crippen LogP contribution in [0.3, 0.4) is 0 Å². The standard InChI is InChI=1S/C11H15NO2/c1-8(2)14-10-6-4-5-9(12-10)11(3)7-13-11/h4-6,8H,7H2,1-3H3. The minimum absolute atomic E-state index is 0.158. The summed E-state index contributed by atoms with van der Waals surface area (Å²) in [5.41, 5.74) is 0.784. The SMILES string of the molecule is CC(C)Oc1cccc(C2(C)CO2)n1. The Hall–Kier alpha value is -1.09. The van der Waals surface area contributed by atoms with Crippen molar-refractivity contribution in [3.05, 3.63) is 23.9 Å². The van der Waals surface area contributed by atoms with Crippen LogP contribution < -0.4 is 4.74 Å². The number of hydrogen-bond acceptors (Lipinski definition) is 3. The largest absolute Gasteiger partial charge is 0.475 e. The van der Waals surface area contributed by atoms with Crippen molar-refractivity contribution in [2.75, 3.05) is 6.61 Å². The normalized spacial score (nSPS) is 25.1. The molecular weight excluding hydrogens is 178 g/mol. The summed E-state index contributed by atoms with van der Waals surface area (Å²) in [5, 5.41) is 0. The van der Waals surface area contributed by atoms with Crippen LogP contribution in [-0.2, 0) is 10.3 Å². The number of pyridine rings is 1. The van der Waals surface area contributed by atoms with Gasteiger partial charge in [-0.15, -0.1) is 0 Å². The summed E-state index contributed by atoms with van der Waals surface area (Å²) in [5.74, 6) is 0.675. The van der Waals surface area contributed by atoms with Gasteiger partial charge in [-0.3, -0.25) is 0 Å². The molecule has 0 aromatic carbocycles. The predicted molar refractivity (Wildman–Crippen MR) is 53.3 cm³/mol. The summed E-state index contributed by atoms with van der Waals surface area (Å²) >= 11 is 0. The molecular formula is C11H15NO2. The van der Waals surface area contributed by atoms with Crippen LogP contribution in [0.1, 0.15) is 26.5 Å². The third-order valence-electron chi connectivity index (χ3n) is 2.20. The van der Waals surface area contributed by atoms with Crippen molar-refractivity contribution in [2.24, 2.45) is 0 Å². The molecule has 1 fully saturated rings. The van der Waals surface area contributed by atoms with Crippen LogP contribution in [-0.4, -0.2) is 17.7 Å². The first-order valence-electron chi connectivity index (χ1n) is 4.88. The summed E-state index contributed by atoms with van der Waals surface area (Å²) in [6.07, 6.45) is 0.158. The molecule has 0 N–H and O–H groups in total. The number of epoxide rings is 1. The lowest BCUT2D eigenvalue weighted by molar-refractivity contribution is 0.229. The fourth-order valence-electron chi connectivity index (χ4n) is 1.27. The maximum Gasteiger partial charge on any atom is 0.213 e. The average Bonchev–Trinajstić information content (AvgIpc) is 2.84. The Morgan fingerprint density at radius 1 is 1.50 bits per heavy atom. The van der Waals surface area contributed by atoms with Crippen LogP contribution >= 0.6 is 0 Å². The van der Waals surface area contributed by atoms with Gasteiger partial charge in [0.25, 0.3) is 0 Å². The van der Waals surface area contributed by atoms with Crippen LogP contribution in [0.5, 0.6) is 5.88 Å². The molecule has 1 atom stereocenters. The van der Waals surface area contributed by atoms with Crippen LogP contribution in [0.25, 0.3) is 0 Å². The smallest absolute Gasteiger partial charge is 0.213 e. The van der Waals surface area contributed by atoms with Crippen LogP contribution in [0, 0.1) is 0 Å². The highest BCUT2D eigenvalue weighted by molar-refractivity contribution is 5.23. The molecule has 0 spiro atoms. The van der Waals surface area contributed by atoms with Crippen molar-refractivity contribution in [1.82, 2.24) is 4.98 Å². The van der Waals surface area contributed by atoms with Gasteiger partial charge in [0.1, 0.15) is 5.60 Å². The van der Waals surface area contributed by atoms with Crippen molar-refractivity contribution < 1.29 is 9.47 Å². The molecule has 1 aromatic rings. The first-order valence-corrected chi connectivity index (χ1v) is 4.88. The van der Waals surface area contributed by atoms with E-state index in [1.807, 2.05) is 39.0 Å². The van der Waals surface area contributed by atoms with E-state index >= 15 is 0 Å². The van der Waals surface area contributed by atoms with Gasteiger partial charge in [-0.2, -0.15) is 0 Å². The monoisotopic (exact) mass is 193 g/mol. The molecule has 1 aliphatic heterocycles. The fraction of sp³-hybridized carbons (Fsp3) is 0.545. The highest BCUT2D eigenvalue weighted by atomic mass is 16.6. The minimum Gasteiger partial charge on any atom is -0.475 e. The lowest BCUT2D eigenvalue weighted by atomic mass is 10.1. The van der Waals surface area contributed by atoms with E-state index in [1.165, 1.54) is 0 Å². The van der Waals surface area contributed by atoms with Gasteiger partial charge < -0.3 is 9.47 Å². The number of nitrogens with zero attached hydrogens (tertiary/aromatic N) is 1. The topological polar surface area (TPSA) is 34.6 Å². The summed E-state index contributed by atoms with van der Waals surface area (Å²) in [4.78, 5) is 4.40. The van der Waals surface area contributed by atoms with Gasteiger partial charge in [-0.05, 0) is 26.8 Å². The van der Waals surface area contributed by atoms with Gasteiger partial charge >= 0.3 is 0 Å². The van der Waals surface area contributed by atoms with Crippen molar-refractivity contribution in [3.63, 3.8) is 0 Å². The second-order valence-electron chi connectivity index (χ2n) is 4.05. The van der Waals surface area contributed by atoms with Gasteiger partial charge in [0.05, 0.1) is 18.4 Å². The molecule has 0 bridgehead atoms. The average molecular weight is 193 g/mol. The van der Waals surface area contributed by atoms with Crippen LogP contribution in [0.2, 0.25) is 0 Å². The molecule has 2 heterocycles. The number of rotatable bonds is 3. The predicted octanol–water partition coefficient (Wildman–Crippen LogP) is 2.11. The van der Waals surface area contributed by atoms with Gasteiger partial charge in [0.2, 0.25) is 5.88 Å². The van der Waals surface area contributed by atoms with Gasteiger partial charge in [-0.1, -0.05) is 6.07 Å². The molecule has 1 aromatic heterocycles. The summed E-state index contributed by atoms with van der Waals surface area (Å²) in [7, 11) is 0. The Balaban J connectivity index is 2.19. The molecule has 1 saturated heterocycles. The summed E-state index contributed by atoms with van der Waals surface area (Å²) in [6.45, 7) is 6.77. The van der Waals surface area contributed by atoms with Crippen LogP contribution in [0.4, 0.5) is 0 Å².